The van der Waals surface area contributed by atoms with E-state index in [-0.39, 0.29) is 4.90 Å². The van der Waals surface area contributed by atoms with Gasteiger partial charge in [-0.05, 0) is 48.5 Å². The van der Waals surface area contributed by atoms with Crippen LogP contribution in [0.15, 0.2) is 72.1 Å². The van der Waals surface area contributed by atoms with E-state index in [1.807, 2.05) is 42.1 Å². The number of aryl methyl sites for hydroxylation is 1. The van der Waals surface area contributed by atoms with E-state index >= 15 is 0 Å². The van der Waals surface area contributed by atoms with Crippen molar-refractivity contribution in [2.24, 2.45) is 7.05 Å². The molecule has 0 fully saturated rings. The third-order valence-electron chi connectivity index (χ3n) is 5.31. The molecule has 5 rings (SSSR count). The van der Waals surface area contributed by atoms with E-state index < -0.39 is 10.0 Å². The van der Waals surface area contributed by atoms with Crippen molar-refractivity contribution in [2.75, 3.05) is 7.05 Å². The van der Waals surface area contributed by atoms with Crippen LogP contribution in [0.3, 0.4) is 0 Å². The highest BCUT2D eigenvalue weighted by Gasteiger charge is 2.14. The Bertz CT molecular complexity index is 1520. The van der Waals surface area contributed by atoms with Gasteiger partial charge in [0.05, 0.1) is 22.3 Å². The second-order valence-electron chi connectivity index (χ2n) is 7.12. The second kappa shape index (κ2) is 6.79. The van der Waals surface area contributed by atoms with Gasteiger partial charge in [-0.2, -0.15) is 0 Å². The molecule has 0 saturated heterocycles. The van der Waals surface area contributed by atoms with Crippen molar-refractivity contribution in [3.63, 3.8) is 0 Å². The maximum Gasteiger partial charge on any atom is 0.240 e. The average molecular weight is 417 g/mol. The smallest absolute Gasteiger partial charge is 0.240 e. The molecular weight excluding hydrogens is 398 g/mol. The zero-order valence-electron chi connectivity index (χ0n) is 16.4. The number of H-pyrrole nitrogens is 1. The van der Waals surface area contributed by atoms with Crippen LogP contribution in [0.1, 0.15) is 0 Å². The van der Waals surface area contributed by atoms with E-state index in [1.54, 1.807) is 30.7 Å². The van der Waals surface area contributed by atoms with Gasteiger partial charge in [-0.1, -0.05) is 18.2 Å². The van der Waals surface area contributed by atoms with Gasteiger partial charge in [0.1, 0.15) is 5.65 Å². The van der Waals surface area contributed by atoms with Crippen LogP contribution < -0.4 is 4.72 Å². The van der Waals surface area contributed by atoms with E-state index in [0.29, 0.717) is 0 Å². The summed E-state index contributed by atoms with van der Waals surface area (Å²) in [6.07, 6.45) is 5.49. The van der Waals surface area contributed by atoms with Gasteiger partial charge in [-0.3, -0.25) is 0 Å². The minimum absolute atomic E-state index is 0.221. The highest BCUT2D eigenvalue weighted by atomic mass is 32.2. The van der Waals surface area contributed by atoms with Crippen LogP contribution in [0, 0.1) is 0 Å². The van der Waals surface area contributed by atoms with Crippen LogP contribution in [-0.4, -0.2) is 35.0 Å². The zero-order valence-corrected chi connectivity index (χ0v) is 17.2. The number of hydrogen-bond acceptors (Lipinski definition) is 4. The zero-order chi connectivity index (χ0) is 20.9. The van der Waals surface area contributed by atoms with Gasteiger partial charge < -0.3 is 9.55 Å². The van der Waals surface area contributed by atoms with Crippen LogP contribution >= 0.6 is 0 Å². The SMILES string of the molecule is CNS(=O)(=O)c1cccc(-c2cnc3[nH]cc(-c4ccc5ncn(C)c5c4)c3c2)c1. The number of fused-ring (bicyclic) bond motifs is 2. The minimum atomic E-state index is -3.52. The summed E-state index contributed by atoms with van der Waals surface area (Å²) in [5.41, 5.74) is 6.49. The standard InChI is InChI=1S/C22H19N5O2S/c1-23-30(28,29)17-5-3-4-14(8-17)16-9-18-19(12-25-22(18)24-11-16)15-6-7-20-21(10-15)27(2)13-26-20/h3-13,23H,1-2H3,(H,24,25). The highest BCUT2D eigenvalue weighted by Crippen LogP contribution is 2.32. The molecule has 30 heavy (non-hydrogen) atoms. The molecule has 0 aliphatic rings. The van der Waals surface area contributed by atoms with Gasteiger partial charge in [0.15, 0.2) is 0 Å². The number of pyridine rings is 1. The summed E-state index contributed by atoms with van der Waals surface area (Å²) < 4.78 is 28.7. The molecule has 0 atom stereocenters. The lowest BCUT2D eigenvalue weighted by Gasteiger charge is -2.07. The summed E-state index contributed by atoms with van der Waals surface area (Å²) in [5, 5.41) is 0.968. The van der Waals surface area contributed by atoms with Gasteiger partial charge in [-0.15, -0.1) is 0 Å². The first-order valence-electron chi connectivity index (χ1n) is 9.39. The summed E-state index contributed by atoms with van der Waals surface area (Å²) in [5.74, 6) is 0. The summed E-state index contributed by atoms with van der Waals surface area (Å²) >= 11 is 0. The first kappa shape index (κ1) is 18.5. The average Bonchev–Trinajstić information content (AvgIpc) is 3.36. The Balaban J connectivity index is 1.65. The lowest BCUT2D eigenvalue weighted by Crippen LogP contribution is -2.18. The Labute approximate surface area is 173 Å². The van der Waals surface area contributed by atoms with E-state index in [1.165, 1.54) is 7.05 Å². The molecule has 5 aromatic rings. The fourth-order valence-corrected chi connectivity index (χ4v) is 4.43. The van der Waals surface area contributed by atoms with Gasteiger partial charge in [-0.25, -0.2) is 23.1 Å². The number of sulfonamides is 1. The second-order valence-corrected chi connectivity index (χ2v) is 9.00. The van der Waals surface area contributed by atoms with E-state index in [2.05, 4.69) is 25.7 Å². The maximum absolute atomic E-state index is 12.2. The maximum atomic E-state index is 12.2. The summed E-state index contributed by atoms with van der Waals surface area (Å²) in [7, 11) is -0.140. The first-order valence-corrected chi connectivity index (χ1v) is 10.9. The molecule has 7 nitrogen and oxygen atoms in total. The lowest BCUT2D eigenvalue weighted by atomic mass is 10.0. The van der Waals surface area contributed by atoms with Crippen LogP contribution in [0.25, 0.3) is 44.3 Å². The fourth-order valence-electron chi connectivity index (χ4n) is 3.65. The molecule has 0 aliphatic carbocycles. The predicted octanol–water partition coefficient (Wildman–Crippen LogP) is 3.69. The minimum Gasteiger partial charge on any atom is -0.346 e. The topological polar surface area (TPSA) is 92.7 Å². The number of rotatable bonds is 4. The molecular formula is C22H19N5O2S. The Hall–Kier alpha value is -3.49. The Morgan fingerprint density at radius 1 is 1.00 bits per heavy atom. The quantitative estimate of drug-likeness (QED) is 0.466. The van der Waals surface area contributed by atoms with Crippen molar-refractivity contribution in [3.05, 3.63) is 67.3 Å². The fraction of sp³-hybridized carbons (Fsp3) is 0.0909. The number of aromatic nitrogens is 4. The van der Waals surface area contributed by atoms with Crippen molar-refractivity contribution in [1.29, 1.82) is 0 Å². The van der Waals surface area contributed by atoms with E-state index in [4.69, 9.17) is 0 Å². The van der Waals surface area contributed by atoms with E-state index in [0.717, 1.165) is 44.3 Å². The molecule has 8 heteroatoms. The van der Waals surface area contributed by atoms with Crippen LogP contribution in [0.5, 0.6) is 0 Å². The van der Waals surface area contributed by atoms with Crippen molar-refractivity contribution in [2.45, 2.75) is 4.90 Å². The molecule has 0 unspecified atom stereocenters. The van der Waals surface area contributed by atoms with Crippen molar-refractivity contribution < 1.29 is 8.42 Å². The molecule has 2 aromatic carbocycles. The number of aromatic amines is 1. The van der Waals surface area contributed by atoms with Gasteiger partial charge >= 0.3 is 0 Å². The molecule has 0 aliphatic heterocycles. The van der Waals surface area contributed by atoms with Gasteiger partial charge in [0, 0.05) is 36.0 Å². The van der Waals surface area contributed by atoms with Gasteiger partial charge in [0.2, 0.25) is 10.0 Å². The number of imidazole rings is 1. The molecule has 0 bridgehead atoms. The third-order valence-corrected chi connectivity index (χ3v) is 6.73. The Kier molecular flexibility index (Phi) is 4.19. The first-order chi connectivity index (χ1) is 14.5. The van der Waals surface area contributed by atoms with Crippen molar-refractivity contribution >= 4 is 32.1 Å². The predicted molar refractivity (Wildman–Crippen MR) is 117 cm³/mol. The summed E-state index contributed by atoms with van der Waals surface area (Å²) in [4.78, 5) is 12.4. The third kappa shape index (κ3) is 2.97. The van der Waals surface area contributed by atoms with Gasteiger partial charge in [0.25, 0.3) is 0 Å². The number of nitrogens with zero attached hydrogens (tertiary/aromatic N) is 3. The molecule has 3 heterocycles. The Morgan fingerprint density at radius 3 is 2.70 bits per heavy atom. The number of benzene rings is 2. The van der Waals surface area contributed by atoms with Crippen molar-refractivity contribution in [1.82, 2.24) is 24.2 Å². The number of nitrogens with one attached hydrogen (secondary N) is 2. The van der Waals surface area contributed by atoms with Crippen LogP contribution in [0.4, 0.5) is 0 Å². The number of hydrogen-bond donors (Lipinski definition) is 2. The van der Waals surface area contributed by atoms with Crippen molar-refractivity contribution in [3.8, 4) is 22.3 Å². The summed E-state index contributed by atoms with van der Waals surface area (Å²) in [6, 6.07) is 15.0. The highest BCUT2D eigenvalue weighted by molar-refractivity contribution is 7.89. The normalized spacial score (nSPS) is 12.1. The molecule has 3 aromatic heterocycles. The molecule has 0 saturated carbocycles. The molecule has 0 spiro atoms. The molecule has 150 valence electrons. The Morgan fingerprint density at radius 2 is 1.87 bits per heavy atom. The molecule has 2 N–H and O–H groups in total. The lowest BCUT2D eigenvalue weighted by molar-refractivity contribution is 0.588. The van der Waals surface area contributed by atoms with E-state index in [9.17, 15) is 8.42 Å². The monoisotopic (exact) mass is 417 g/mol. The molecule has 0 radical (unpaired) electrons. The molecule has 0 amide bonds. The largest absolute Gasteiger partial charge is 0.346 e. The summed E-state index contributed by atoms with van der Waals surface area (Å²) in [6.45, 7) is 0. The van der Waals surface area contributed by atoms with Crippen LogP contribution in [-0.2, 0) is 17.1 Å². The van der Waals surface area contributed by atoms with Crippen LogP contribution in [0.2, 0.25) is 0 Å².